The van der Waals surface area contributed by atoms with Gasteiger partial charge in [0.1, 0.15) is 0 Å². The first-order valence-electron chi connectivity index (χ1n) is 11.2. The number of pyridine rings is 1. The number of nitrogens with zero attached hydrogens (tertiary/aromatic N) is 5. The first kappa shape index (κ1) is 21.0. The van der Waals surface area contributed by atoms with E-state index in [4.69, 9.17) is 0 Å². The van der Waals surface area contributed by atoms with E-state index < -0.39 is 5.91 Å². The molecule has 1 aliphatic rings. The van der Waals surface area contributed by atoms with Crippen molar-refractivity contribution < 1.29 is 9.90 Å². The highest BCUT2D eigenvalue weighted by atomic mass is 16.3. The third-order valence-electron chi connectivity index (χ3n) is 6.18. The zero-order valence-corrected chi connectivity index (χ0v) is 18.2. The van der Waals surface area contributed by atoms with E-state index in [2.05, 4.69) is 26.2 Å². The molecule has 2 aromatic carbocycles. The highest BCUT2D eigenvalue weighted by molar-refractivity contribution is 5.97. The molecule has 7 heteroatoms. The fraction of sp³-hybridized carbons (Fsp3) is 0.231. The molecule has 2 aromatic heterocycles. The number of fused-ring (bicyclic) bond motifs is 1. The SMILES string of the molecule is O=C(N=Nc1c(O)n(CN2CCCC[C@H]2c2cccnc2)c2ccccc12)c1ccccc1. The Labute approximate surface area is 192 Å². The first-order chi connectivity index (χ1) is 16.2. The van der Waals surface area contributed by atoms with Crippen LogP contribution in [0.2, 0.25) is 0 Å². The van der Waals surface area contributed by atoms with Gasteiger partial charge < -0.3 is 5.11 Å². The maximum absolute atomic E-state index is 12.4. The second-order valence-corrected chi connectivity index (χ2v) is 8.24. The van der Waals surface area contributed by atoms with Crippen molar-refractivity contribution in [1.29, 1.82) is 0 Å². The number of carbonyl (C=O) groups excluding carboxylic acids is 1. The predicted molar refractivity (Wildman–Crippen MR) is 126 cm³/mol. The number of hydrogen-bond acceptors (Lipinski definition) is 5. The topological polar surface area (TPSA) is 83.1 Å². The predicted octanol–water partition coefficient (Wildman–Crippen LogP) is 5.85. The molecule has 4 aromatic rings. The van der Waals surface area contributed by atoms with Gasteiger partial charge in [-0.05, 0) is 42.7 Å². The van der Waals surface area contributed by atoms with Crippen LogP contribution >= 0.6 is 0 Å². The Balaban J connectivity index is 1.48. The lowest BCUT2D eigenvalue weighted by molar-refractivity contribution is 0.0995. The van der Waals surface area contributed by atoms with Crippen LogP contribution in [0.1, 0.15) is 41.2 Å². The van der Waals surface area contributed by atoms with Gasteiger partial charge in [-0.2, -0.15) is 0 Å². The van der Waals surface area contributed by atoms with Crippen LogP contribution < -0.4 is 0 Å². The molecule has 1 amide bonds. The quantitative estimate of drug-likeness (QED) is 0.395. The van der Waals surface area contributed by atoms with Crippen LogP contribution in [-0.2, 0) is 6.67 Å². The van der Waals surface area contributed by atoms with Gasteiger partial charge in [0.2, 0.25) is 5.88 Å². The third kappa shape index (κ3) is 4.27. The largest absolute Gasteiger partial charge is 0.493 e. The molecule has 166 valence electrons. The van der Waals surface area contributed by atoms with E-state index in [0.717, 1.165) is 36.7 Å². The summed E-state index contributed by atoms with van der Waals surface area (Å²) in [5.41, 5.74) is 2.80. The lowest BCUT2D eigenvalue weighted by Crippen LogP contribution is -2.34. The summed E-state index contributed by atoms with van der Waals surface area (Å²) in [5.74, 6) is -0.434. The van der Waals surface area contributed by atoms with Crippen LogP contribution in [-0.4, -0.2) is 32.0 Å². The van der Waals surface area contributed by atoms with Gasteiger partial charge in [-0.15, -0.1) is 10.2 Å². The van der Waals surface area contributed by atoms with Crippen molar-refractivity contribution in [2.45, 2.75) is 32.0 Å². The van der Waals surface area contributed by atoms with Crippen molar-refractivity contribution >= 4 is 22.5 Å². The molecule has 3 heterocycles. The number of azo groups is 1. The summed E-state index contributed by atoms with van der Waals surface area (Å²) >= 11 is 0. The summed E-state index contributed by atoms with van der Waals surface area (Å²) in [6.07, 6.45) is 7.02. The third-order valence-corrected chi connectivity index (χ3v) is 6.18. The summed E-state index contributed by atoms with van der Waals surface area (Å²) in [7, 11) is 0. The van der Waals surface area contributed by atoms with Crippen molar-refractivity contribution in [3.8, 4) is 5.88 Å². The fourth-order valence-corrected chi connectivity index (χ4v) is 4.54. The summed E-state index contributed by atoms with van der Waals surface area (Å²) in [5, 5.41) is 20.0. The van der Waals surface area contributed by atoms with Gasteiger partial charge in [-0.25, -0.2) is 0 Å². The number of aromatic nitrogens is 2. The van der Waals surface area contributed by atoms with Crippen molar-refractivity contribution in [3.05, 3.63) is 90.3 Å². The highest BCUT2D eigenvalue weighted by Gasteiger charge is 2.26. The number of rotatable bonds is 5. The maximum Gasteiger partial charge on any atom is 0.295 e. The molecule has 1 aliphatic heterocycles. The second-order valence-electron chi connectivity index (χ2n) is 8.24. The molecular formula is C26H25N5O2. The van der Waals surface area contributed by atoms with Gasteiger partial charge in [-0.1, -0.05) is 48.9 Å². The van der Waals surface area contributed by atoms with E-state index in [0.29, 0.717) is 17.9 Å². The van der Waals surface area contributed by atoms with Crippen molar-refractivity contribution in [2.75, 3.05) is 6.54 Å². The van der Waals surface area contributed by atoms with Gasteiger partial charge >= 0.3 is 0 Å². The van der Waals surface area contributed by atoms with Crippen LogP contribution in [0.5, 0.6) is 5.88 Å². The van der Waals surface area contributed by atoms with Crippen LogP contribution in [0.3, 0.4) is 0 Å². The van der Waals surface area contributed by atoms with Crippen LogP contribution in [0.4, 0.5) is 5.69 Å². The molecule has 5 rings (SSSR count). The van der Waals surface area contributed by atoms with E-state index in [9.17, 15) is 9.90 Å². The minimum absolute atomic E-state index is 0.0105. The Kier molecular flexibility index (Phi) is 5.95. The maximum atomic E-state index is 12.4. The second kappa shape index (κ2) is 9.34. The summed E-state index contributed by atoms with van der Waals surface area (Å²) in [6, 6.07) is 20.8. The smallest absolute Gasteiger partial charge is 0.295 e. The molecular weight excluding hydrogens is 414 g/mol. The average Bonchev–Trinajstić information content (AvgIpc) is 3.14. The molecule has 1 atom stereocenters. The van der Waals surface area contributed by atoms with Crippen LogP contribution in [0.15, 0.2) is 89.4 Å². The van der Waals surface area contributed by atoms with Crippen molar-refractivity contribution in [1.82, 2.24) is 14.5 Å². The molecule has 0 unspecified atom stereocenters. The van der Waals surface area contributed by atoms with Crippen LogP contribution in [0.25, 0.3) is 10.9 Å². The highest BCUT2D eigenvalue weighted by Crippen LogP contribution is 2.40. The van der Waals surface area contributed by atoms with E-state index >= 15 is 0 Å². The van der Waals surface area contributed by atoms with Gasteiger partial charge in [0.25, 0.3) is 5.91 Å². The molecule has 0 saturated carbocycles. The van der Waals surface area contributed by atoms with E-state index in [1.165, 1.54) is 5.56 Å². The summed E-state index contributed by atoms with van der Waals surface area (Å²) < 4.78 is 1.85. The molecule has 33 heavy (non-hydrogen) atoms. The number of hydrogen-bond donors (Lipinski definition) is 1. The normalized spacial score (nSPS) is 17.0. The van der Waals surface area contributed by atoms with Crippen LogP contribution in [0, 0.1) is 0 Å². The molecule has 0 aliphatic carbocycles. The van der Waals surface area contributed by atoms with E-state index in [-0.39, 0.29) is 11.9 Å². The summed E-state index contributed by atoms with van der Waals surface area (Å²) in [4.78, 5) is 19.1. The van der Waals surface area contributed by atoms with Gasteiger partial charge in [0.05, 0.1) is 12.2 Å². The number of likely N-dealkylation sites (tertiary alicyclic amines) is 1. The number of carbonyl (C=O) groups is 1. The van der Waals surface area contributed by atoms with Gasteiger partial charge in [0.15, 0.2) is 5.69 Å². The molecule has 7 nitrogen and oxygen atoms in total. The average molecular weight is 440 g/mol. The molecule has 1 fully saturated rings. The number of piperidine rings is 1. The molecule has 0 bridgehead atoms. The minimum atomic E-state index is -0.445. The Hall–Kier alpha value is -3.84. The minimum Gasteiger partial charge on any atom is -0.493 e. The van der Waals surface area contributed by atoms with Crippen molar-refractivity contribution in [2.24, 2.45) is 10.2 Å². The standard InChI is InChI=1S/C26H25N5O2/c32-25(19-9-2-1-3-10-19)29-28-24-21-12-4-5-14-23(21)31(26(24)33)18-30-16-7-6-13-22(30)20-11-8-15-27-17-20/h1-5,8-12,14-15,17,22,33H,6-7,13,16,18H2/t22-/m0/s1. The zero-order chi connectivity index (χ0) is 22.6. The van der Waals surface area contributed by atoms with E-state index in [1.54, 1.807) is 30.5 Å². The monoisotopic (exact) mass is 439 g/mol. The first-order valence-corrected chi connectivity index (χ1v) is 11.2. The Morgan fingerprint density at radius 1 is 1.03 bits per heavy atom. The van der Waals surface area contributed by atoms with E-state index in [1.807, 2.05) is 47.2 Å². The number of aromatic hydroxyl groups is 1. The Morgan fingerprint density at radius 3 is 2.67 bits per heavy atom. The van der Waals surface area contributed by atoms with Crippen molar-refractivity contribution in [3.63, 3.8) is 0 Å². The lowest BCUT2D eigenvalue weighted by Gasteiger charge is -2.36. The van der Waals surface area contributed by atoms with Gasteiger partial charge in [0, 0.05) is 35.9 Å². The Morgan fingerprint density at radius 2 is 1.85 bits per heavy atom. The number of amides is 1. The zero-order valence-electron chi connectivity index (χ0n) is 18.2. The Bertz CT molecular complexity index is 1280. The van der Waals surface area contributed by atoms with Gasteiger partial charge in [-0.3, -0.25) is 19.2 Å². The molecule has 0 radical (unpaired) electrons. The summed E-state index contributed by atoms with van der Waals surface area (Å²) in [6.45, 7) is 1.43. The number of para-hydroxylation sites is 1. The lowest BCUT2D eigenvalue weighted by atomic mass is 9.97. The number of benzene rings is 2. The fourth-order valence-electron chi connectivity index (χ4n) is 4.54. The molecule has 0 spiro atoms. The molecule has 1 saturated heterocycles. The molecule has 1 N–H and O–H groups in total.